The van der Waals surface area contributed by atoms with Crippen LogP contribution in [0.1, 0.15) is 31.7 Å². The Morgan fingerprint density at radius 3 is 2.76 bits per heavy atom. The molecular formula is C14H17FN2O3S. The summed E-state index contributed by atoms with van der Waals surface area (Å²) < 4.78 is 18.3. The van der Waals surface area contributed by atoms with Crippen LogP contribution in [0.5, 0.6) is 0 Å². The second-order valence-electron chi connectivity index (χ2n) is 5.69. The molecule has 1 aromatic carbocycles. The summed E-state index contributed by atoms with van der Waals surface area (Å²) in [6.45, 7) is 5.43. The van der Waals surface area contributed by atoms with Crippen molar-refractivity contribution < 1.29 is 18.7 Å². The van der Waals surface area contributed by atoms with E-state index in [1.807, 2.05) is 20.8 Å². The molecule has 0 aromatic heterocycles. The molecule has 7 heteroatoms. The van der Waals surface area contributed by atoms with E-state index < -0.39 is 28.3 Å². The third-order valence-corrected chi connectivity index (χ3v) is 3.81. The van der Waals surface area contributed by atoms with E-state index in [0.717, 1.165) is 11.8 Å². The smallest absolute Gasteiger partial charge is 0.409 e. The molecule has 2 N–H and O–H groups in total. The average Bonchev–Trinajstić information content (AvgIpc) is 2.68. The molecule has 0 aliphatic carbocycles. The number of hydrogen-bond acceptors (Lipinski definition) is 4. The van der Waals surface area contributed by atoms with Crippen LogP contribution in [0.4, 0.5) is 9.18 Å². The Hall–Kier alpha value is -1.76. The van der Waals surface area contributed by atoms with Gasteiger partial charge in [0.2, 0.25) is 5.44 Å². The standard InChI is InChI=1S/C14H17FN2O3S/c1-14(2,3)17-13(19)20-12-10(18)16-11(21-12)8-5-4-6-9(15)7-8/h4-7,11-12H,1-3H3,(H,16,18)(H,17,19). The van der Waals surface area contributed by atoms with E-state index in [-0.39, 0.29) is 5.82 Å². The number of alkyl carbamates (subject to hydrolysis) is 1. The predicted octanol–water partition coefficient (Wildman–Crippen LogP) is 2.54. The maximum absolute atomic E-state index is 13.2. The Morgan fingerprint density at radius 1 is 1.43 bits per heavy atom. The minimum absolute atomic E-state index is 0.378. The molecule has 2 rings (SSSR count). The number of halogens is 1. The van der Waals surface area contributed by atoms with Gasteiger partial charge in [0.1, 0.15) is 11.2 Å². The fourth-order valence-electron chi connectivity index (χ4n) is 1.76. The largest absolute Gasteiger partial charge is 0.425 e. The van der Waals surface area contributed by atoms with Gasteiger partial charge in [0.15, 0.2) is 0 Å². The highest BCUT2D eigenvalue weighted by Crippen LogP contribution is 2.36. The topological polar surface area (TPSA) is 67.4 Å². The Morgan fingerprint density at radius 2 is 2.14 bits per heavy atom. The Bertz CT molecular complexity index is 559. The van der Waals surface area contributed by atoms with Crippen molar-refractivity contribution in [1.82, 2.24) is 10.6 Å². The molecule has 0 bridgehead atoms. The molecule has 0 spiro atoms. The van der Waals surface area contributed by atoms with Gasteiger partial charge >= 0.3 is 6.09 Å². The highest BCUT2D eigenvalue weighted by atomic mass is 32.2. The van der Waals surface area contributed by atoms with E-state index in [0.29, 0.717) is 5.56 Å². The number of carbonyl (C=O) groups excluding carboxylic acids is 2. The predicted molar refractivity (Wildman–Crippen MR) is 78.0 cm³/mol. The number of hydrogen-bond donors (Lipinski definition) is 2. The van der Waals surface area contributed by atoms with Crippen LogP contribution in [0.15, 0.2) is 24.3 Å². The molecule has 2 amide bonds. The van der Waals surface area contributed by atoms with E-state index in [4.69, 9.17) is 4.74 Å². The molecule has 1 aliphatic heterocycles. The van der Waals surface area contributed by atoms with Gasteiger partial charge in [0.05, 0.1) is 0 Å². The van der Waals surface area contributed by atoms with Crippen molar-refractivity contribution in [2.75, 3.05) is 0 Å². The summed E-state index contributed by atoms with van der Waals surface area (Å²) in [7, 11) is 0. The fourth-order valence-corrected chi connectivity index (χ4v) is 2.83. The lowest BCUT2D eigenvalue weighted by Gasteiger charge is -2.21. The van der Waals surface area contributed by atoms with Gasteiger partial charge in [0.25, 0.3) is 5.91 Å². The molecule has 1 fully saturated rings. The van der Waals surface area contributed by atoms with Gasteiger partial charge in [-0.05, 0) is 38.5 Å². The first kappa shape index (κ1) is 15.6. The molecule has 1 aliphatic rings. The number of ether oxygens (including phenoxy) is 1. The number of carbonyl (C=O) groups is 2. The first-order valence-corrected chi connectivity index (χ1v) is 7.39. The fraction of sp³-hybridized carbons (Fsp3) is 0.429. The molecule has 1 heterocycles. The maximum Gasteiger partial charge on any atom is 0.409 e. The normalized spacial score (nSPS) is 21.8. The molecule has 21 heavy (non-hydrogen) atoms. The molecule has 2 atom stereocenters. The van der Waals surface area contributed by atoms with Crippen molar-refractivity contribution in [1.29, 1.82) is 0 Å². The SMILES string of the molecule is CC(C)(C)NC(=O)OC1SC(c2cccc(F)c2)NC1=O. The maximum atomic E-state index is 13.2. The third-order valence-electron chi connectivity index (χ3n) is 2.59. The number of amides is 2. The van der Waals surface area contributed by atoms with Gasteiger partial charge in [-0.1, -0.05) is 23.9 Å². The molecule has 0 saturated carbocycles. The van der Waals surface area contributed by atoms with Crippen molar-refractivity contribution >= 4 is 23.8 Å². The van der Waals surface area contributed by atoms with Crippen molar-refractivity contribution in [2.24, 2.45) is 0 Å². The van der Waals surface area contributed by atoms with Gasteiger partial charge < -0.3 is 15.4 Å². The van der Waals surface area contributed by atoms with Crippen LogP contribution < -0.4 is 10.6 Å². The minimum Gasteiger partial charge on any atom is -0.425 e. The summed E-state index contributed by atoms with van der Waals surface area (Å²) in [5.74, 6) is -0.782. The van der Waals surface area contributed by atoms with E-state index in [9.17, 15) is 14.0 Å². The summed E-state index contributed by atoms with van der Waals surface area (Å²) in [4.78, 5) is 23.5. The molecule has 114 valence electrons. The van der Waals surface area contributed by atoms with Crippen LogP contribution in [0.2, 0.25) is 0 Å². The zero-order valence-corrected chi connectivity index (χ0v) is 12.8. The van der Waals surface area contributed by atoms with Crippen LogP contribution in [0, 0.1) is 5.82 Å². The summed E-state index contributed by atoms with van der Waals surface area (Å²) in [6.07, 6.45) is -0.657. The van der Waals surface area contributed by atoms with Crippen molar-refractivity contribution in [3.8, 4) is 0 Å². The summed E-state index contributed by atoms with van der Waals surface area (Å²) >= 11 is 1.12. The van der Waals surface area contributed by atoms with Crippen LogP contribution >= 0.6 is 11.8 Å². The van der Waals surface area contributed by atoms with E-state index in [2.05, 4.69) is 10.6 Å². The summed E-state index contributed by atoms with van der Waals surface area (Å²) in [6, 6.07) is 5.95. The number of rotatable bonds is 2. The second kappa shape index (κ2) is 5.93. The highest BCUT2D eigenvalue weighted by Gasteiger charge is 2.37. The molecular weight excluding hydrogens is 295 g/mol. The molecule has 5 nitrogen and oxygen atoms in total. The van der Waals surface area contributed by atoms with E-state index >= 15 is 0 Å². The number of nitrogens with one attached hydrogen (secondary N) is 2. The first-order valence-electron chi connectivity index (χ1n) is 6.45. The van der Waals surface area contributed by atoms with Crippen LogP contribution in [-0.4, -0.2) is 23.0 Å². The van der Waals surface area contributed by atoms with Gasteiger partial charge in [-0.25, -0.2) is 9.18 Å². The Labute approximate surface area is 126 Å². The Balaban J connectivity index is 1.98. The molecule has 0 radical (unpaired) electrons. The van der Waals surface area contributed by atoms with Crippen molar-refractivity contribution in [2.45, 2.75) is 37.1 Å². The monoisotopic (exact) mass is 312 g/mol. The minimum atomic E-state index is -0.944. The molecule has 1 saturated heterocycles. The van der Waals surface area contributed by atoms with Gasteiger partial charge in [-0.15, -0.1) is 0 Å². The lowest BCUT2D eigenvalue weighted by atomic mass is 10.1. The lowest BCUT2D eigenvalue weighted by Crippen LogP contribution is -2.43. The van der Waals surface area contributed by atoms with Crippen LogP contribution in [0.3, 0.4) is 0 Å². The quantitative estimate of drug-likeness (QED) is 0.880. The van der Waals surface area contributed by atoms with Crippen molar-refractivity contribution in [3.63, 3.8) is 0 Å². The highest BCUT2D eigenvalue weighted by molar-refractivity contribution is 8.01. The third kappa shape index (κ3) is 4.35. The first-order chi connectivity index (χ1) is 9.74. The van der Waals surface area contributed by atoms with E-state index in [1.54, 1.807) is 12.1 Å². The average molecular weight is 312 g/mol. The van der Waals surface area contributed by atoms with E-state index in [1.165, 1.54) is 12.1 Å². The zero-order valence-electron chi connectivity index (χ0n) is 12.0. The zero-order chi connectivity index (χ0) is 15.6. The lowest BCUT2D eigenvalue weighted by molar-refractivity contribution is -0.124. The summed E-state index contributed by atoms with van der Waals surface area (Å²) in [5, 5.41) is 4.85. The molecule has 2 unspecified atom stereocenters. The number of thioether (sulfide) groups is 1. The number of benzene rings is 1. The van der Waals surface area contributed by atoms with Crippen LogP contribution in [0.25, 0.3) is 0 Å². The van der Waals surface area contributed by atoms with Crippen molar-refractivity contribution in [3.05, 3.63) is 35.6 Å². The van der Waals surface area contributed by atoms with Gasteiger partial charge in [0, 0.05) is 5.54 Å². The summed E-state index contributed by atoms with van der Waals surface area (Å²) in [5.41, 5.74) is -0.769. The van der Waals surface area contributed by atoms with Crippen LogP contribution in [-0.2, 0) is 9.53 Å². The molecule has 1 aromatic rings. The Kier molecular flexibility index (Phi) is 4.41. The van der Waals surface area contributed by atoms with Gasteiger partial charge in [-0.3, -0.25) is 4.79 Å². The second-order valence-corrected chi connectivity index (χ2v) is 6.86. The van der Waals surface area contributed by atoms with Gasteiger partial charge in [-0.2, -0.15) is 0 Å².